The summed E-state index contributed by atoms with van der Waals surface area (Å²) in [6, 6.07) is 3.38. The van der Waals surface area contributed by atoms with Crippen molar-refractivity contribution in [2.75, 3.05) is 12.3 Å². The predicted octanol–water partition coefficient (Wildman–Crippen LogP) is -0.675. The highest BCUT2D eigenvalue weighted by Gasteiger charge is 2.20. The molecule has 2 unspecified atom stereocenters. The first-order valence-electron chi connectivity index (χ1n) is 4.35. The number of hydrogen-bond donors (Lipinski definition) is 4. The molecule has 1 aromatic heterocycles. The van der Waals surface area contributed by atoms with Gasteiger partial charge in [-0.1, -0.05) is 6.07 Å². The van der Waals surface area contributed by atoms with Crippen LogP contribution in [0.2, 0.25) is 0 Å². The van der Waals surface area contributed by atoms with Gasteiger partial charge in [0.25, 0.3) is 0 Å². The van der Waals surface area contributed by atoms with Gasteiger partial charge in [0.2, 0.25) is 0 Å². The molecule has 0 amide bonds. The Morgan fingerprint density at radius 3 is 2.64 bits per heavy atom. The van der Waals surface area contributed by atoms with E-state index in [4.69, 9.17) is 11.5 Å². The monoisotopic (exact) mass is 197 g/mol. The molecule has 5 nitrogen and oxygen atoms in total. The van der Waals surface area contributed by atoms with Gasteiger partial charge in [-0.3, -0.25) is 0 Å². The van der Waals surface area contributed by atoms with Gasteiger partial charge >= 0.3 is 0 Å². The molecule has 2 atom stereocenters. The number of nitrogen functional groups attached to an aromatic ring is 1. The summed E-state index contributed by atoms with van der Waals surface area (Å²) in [5.41, 5.74) is 11.9. The smallest absolute Gasteiger partial charge is 0.123 e. The quantitative estimate of drug-likeness (QED) is 0.514. The first-order valence-corrected chi connectivity index (χ1v) is 4.35. The van der Waals surface area contributed by atoms with Gasteiger partial charge in [0.05, 0.1) is 11.8 Å². The standard InChI is InChI=1S/C9H15N3O2/c1-5-2-3-7(11)12-8(5)9(14)6(13)4-10/h2-3,6,9,13-14H,4,10H2,1H3,(H2,11,12). The molecule has 1 rings (SSSR count). The summed E-state index contributed by atoms with van der Waals surface area (Å²) in [7, 11) is 0. The average molecular weight is 197 g/mol. The normalized spacial score (nSPS) is 15.1. The van der Waals surface area contributed by atoms with E-state index in [1.165, 1.54) is 0 Å². The van der Waals surface area contributed by atoms with Gasteiger partial charge in [-0.15, -0.1) is 0 Å². The maximum absolute atomic E-state index is 9.65. The van der Waals surface area contributed by atoms with Crippen molar-refractivity contribution in [3.05, 3.63) is 23.4 Å². The number of aliphatic hydroxyl groups excluding tert-OH is 2. The van der Waals surface area contributed by atoms with E-state index >= 15 is 0 Å². The Morgan fingerprint density at radius 1 is 1.43 bits per heavy atom. The van der Waals surface area contributed by atoms with E-state index in [0.29, 0.717) is 11.5 Å². The molecular weight excluding hydrogens is 182 g/mol. The van der Waals surface area contributed by atoms with Crippen LogP contribution >= 0.6 is 0 Å². The molecule has 1 heterocycles. The van der Waals surface area contributed by atoms with E-state index < -0.39 is 12.2 Å². The number of rotatable bonds is 3. The summed E-state index contributed by atoms with van der Waals surface area (Å²) in [6.45, 7) is 1.77. The Kier molecular flexibility index (Phi) is 3.40. The highest BCUT2D eigenvalue weighted by Crippen LogP contribution is 2.19. The van der Waals surface area contributed by atoms with Gasteiger partial charge in [0.1, 0.15) is 11.9 Å². The van der Waals surface area contributed by atoms with Crippen molar-refractivity contribution in [1.29, 1.82) is 0 Å². The predicted molar refractivity (Wildman–Crippen MR) is 53.4 cm³/mol. The average Bonchev–Trinajstić information content (AvgIpc) is 2.19. The molecule has 0 saturated heterocycles. The van der Waals surface area contributed by atoms with Crippen LogP contribution in [-0.2, 0) is 0 Å². The lowest BCUT2D eigenvalue weighted by atomic mass is 10.1. The third-order valence-corrected chi connectivity index (χ3v) is 2.04. The number of nitrogens with zero attached hydrogens (tertiary/aromatic N) is 1. The number of aromatic nitrogens is 1. The molecule has 0 bridgehead atoms. The zero-order chi connectivity index (χ0) is 10.7. The maximum atomic E-state index is 9.65. The Labute approximate surface area is 82.4 Å². The molecule has 14 heavy (non-hydrogen) atoms. The zero-order valence-electron chi connectivity index (χ0n) is 8.01. The molecule has 0 radical (unpaired) electrons. The number of pyridine rings is 1. The summed E-state index contributed by atoms with van der Waals surface area (Å²) in [5, 5.41) is 19.0. The minimum atomic E-state index is -1.08. The Hall–Kier alpha value is -1.17. The van der Waals surface area contributed by atoms with Crippen LogP contribution in [0.25, 0.3) is 0 Å². The summed E-state index contributed by atoms with van der Waals surface area (Å²) >= 11 is 0. The Bertz CT molecular complexity index is 317. The van der Waals surface area contributed by atoms with Crippen LogP contribution in [0.4, 0.5) is 5.82 Å². The van der Waals surface area contributed by atoms with Crippen LogP contribution in [-0.4, -0.2) is 27.8 Å². The van der Waals surface area contributed by atoms with Crippen LogP contribution in [0, 0.1) is 6.92 Å². The number of nitrogens with two attached hydrogens (primary N) is 2. The van der Waals surface area contributed by atoms with Gasteiger partial charge in [-0.2, -0.15) is 0 Å². The SMILES string of the molecule is Cc1ccc(N)nc1C(O)C(O)CN. The van der Waals surface area contributed by atoms with E-state index in [2.05, 4.69) is 4.98 Å². The highest BCUT2D eigenvalue weighted by atomic mass is 16.3. The molecule has 6 N–H and O–H groups in total. The van der Waals surface area contributed by atoms with Crippen LogP contribution in [0.3, 0.4) is 0 Å². The molecule has 78 valence electrons. The van der Waals surface area contributed by atoms with Crippen molar-refractivity contribution in [1.82, 2.24) is 4.98 Å². The van der Waals surface area contributed by atoms with Gasteiger partial charge in [-0.25, -0.2) is 4.98 Å². The van der Waals surface area contributed by atoms with Crippen LogP contribution in [0.15, 0.2) is 12.1 Å². The number of aryl methyl sites for hydroxylation is 1. The van der Waals surface area contributed by atoms with E-state index in [0.717, 1.165) is 5.56 Å². The fraction of sp³-hybridized carbons (Fsp3) is 0.444. The van der Waals surface area contributed by atoms with Gasteiger partial charge < -0.3 is 21.7 Å². The fourth-order valence-corrected chi connectivity index (χ4v) is 1.17. The van der Waals surface area contributed by atoms with Gasteiger partial charge in [0.15, 0.2) is 0 Å². The molecule has 0 aliphatic carbocycles. The molecule has 0 aliphatic heterocycles. The summed E-state index contributed by atoms with van der Waals surface area (Å²) < 4.78 is 0. The lowest BCUT2D eigenvalue weighted by molar-refractivity contribution is 0.0214. The molecular formula is C9H15N3O2. The second kappa shape index (κ2) is 4.36. The minimum Gasteiger partial charge on any atom is -0.389 e. The lowest BCUT2D eigenvalue weighted by Gasteiger charge is -2.17. The van der Waals surface area contributed by atoms with Gasteiger partial charge in [-0.05, 0) is 18.6 Å². The third-order valence-electron chi connectivity index (χ3n) is 2.04. The van der Waals surface area contributed by atoms with Crippen molar-refractivity contribution in [2.24, 2.45) is 5.73 Å². The van der Waals surface area contributed by atoms with E-state index in [9.17, 15) is 10.2 Å². The highest BCUT2D eigenvalue weighted by molar-refractivity contribution is 5.34. The molecule has 1 aromatic rings. The van der Waals surface area contributed by atoms with Crippen molar-refractivity contribution < 1.29 is 10.2 Å². The lowest BCUT2D eigenvalue weighted by Crippen LogP contribution is -2.28. The van der Waals surface area contributed by atoms with Crippen LogP contribution in [0.1, 0.15) is 17.4 Å². The fourth-order valence-electron chi connectivity index (χ4n) is 1.17. The first kappa shape index (κ1) is 10.9. The van der Waals surface area contributed by atoms with Crippen molar-refractivity contribution in [3.8, 4) is 0 Å². The van der Waals surface area contributed by atoms with Crippen LogP contribution < -0.4 is 11.5 Å². The molecule has 5 heteroatoms. The summed E-state index contributed by atoms with van der Waals surface area (Å²) in [6.07, 6.45) is -2.09. The second-order valence-corrected chi connectivity index (χ2v) is 3.19. The minimum absolute atomic E-state index is 0.0168. The third kappa shape index (κ3) is 2.20. The van der Waals surface area contributed by atoms with Crippen LogP contribution in [0.5, 0.6) is 0 Å². The zero-order valence-corrected chi connectivity index (χ0v) is 8.01. The molecule has 0 saturated carbocycles. The largest absolute Gasteiger partial charge is 0.389 e. The first-order chi connectivity index (χ1) is 6.56. The number of anilines is 1. The van der Waals surface area contributed by atoms with Crippen molar-refractivity contribution >= 4 is 5.82 Å². The molecule has 0 aromatic carbocycles. The topological polar surface area (TPSA) is 105 Å². The number of hydrogen-bond acceptors (Lipinski definition) is 5. The summed E-state index contributed by atoms with van der Waals surface area (Å²) in [5.74, 6) is 0.314. The maximum Gasteiger partial charge on any atom is 0.123 e. The van der Waals surface area contributed by atoms with E-state index in [-0.39, 0.29) is 6.54 Å². The summed E-state index contributed by atoms with van der Waals surface area (Å²) in [4.78, 5) is 3.95. The van der Waals surface area contributed by atoms with E-state index in [1.807, 2.05) is 0 Å². The Morgan fingerprint density at radius 2 is 2.07 bits per heavy atom. The van der Waals surface area contributed by atoms with Crippen molar-refractivity contribution in [2.45, 2.75) is 19.1 Å². The Balaban J connectivity index is 2.99. The number of aliphatic hydroxyl groups is 2. The molecule has 0 aliphatic rings. The second-order valence-electron chi connectivity index (χ2n) is 3.19. The molecule has 0 fully saturated rings. The van der Waals surface area contributed by atoms with Gasteiger partial charge in [0, 0.05) is 6.54 Å². The molecule has 0 spiro atoms. The van der Waals surface area contributed by atoms with E-state index in [1.54, 1.807) is 19.1 Å². The van der Waals surface area contributed by atoms with Crippen molar-refractivity contribution in [3.63, 3.8) is 0 Å².